The van der Waals surface area contributed by atoms with Crippen LogP contribution in [0.15, 0.2) is 0 Å². The molecule has 0 aliphatic carbocycles. The molecule has 94 valence electrons. The summed E-state index contributed by atoms with van der Waals surface area (Å²) < 4.78 is 22.4. The fraction of sp³-hybridized carbons (Fsp3) is 0.909. The molecule has 0 aromatic carbocycles. The summed E-state index contributed by atoms with van der Waals surface area (Å²) in [7, 11) is -2.84. The maximum absolute atomic E-state index is 11.6. The minimum absolute atomic E-state index is 0.0230. The molecule has 1 rings (SSSR count). The van der Waals surface area contributed by atoms with Crippen LogP contribution >= 0.6 is 0 Å². The van der Waals surface area contributed by atoms with Gasteiger partial charge in [-0.2, -0.15) is 0 Å². The minimum atomic E-state index is -2.84. The fourth-order valence-corrected chi connectivity index (χ4v) is 3.29. The Morgan fingerprint density at radius 3 is 2.19 bits per heavy atom. The van der Waals surface area contributed by atoms with E-state index in [4.69, 9.17) is 0 Å². The van der Waals surface area contributed by atoms with Gasteiger partial charge in [0.2, 0.25) is 5.91 Å². The lowest BCUT2D eigenvalue weighted by atomic mass is 9.92. The van der Waals surface area contributed by atoms with Gasteiger partial charge in [-0.1, -0.05) is 20.8 Å². The number of rotatable bonds is 2. The first kappa shape index (κ1) is 13.5. The Kier molecular flexibility index (Phi) is 3.99. The third kappa shape index (κ3) is 4.96. The molecular weight excluding hydrogens is 226 g/mol. The molecule has 0 spiro atoms. The molecule has 0 atom stereocenters. The Morgan fingerprint density at radius 1 is 1.25 bits per heavy atom. The van der Waals surface area contributed by atoms with Crippen LogP contribution in [-0.4, -0.2) is 31.9 Å². The first-order valence-corrected chi connectivity index (χ1v) is 7.50. The van der Waals surface area contributed by atoms with Crippen LogP contribution < -0.4 is 5.32 Å². The van der Waals surface area contributed by atoms with Crippen molar-refractivity contribution >= 4 is 15.7 Å². The van der Waals surface area contributed by atoms with Crippen molar-refractivity contribution < 1.29 is 13.2 Å². The molecule has 0 radical (unpaired) electrons. The van der Waals surface area contributed by atoms with Gasteiger partial charge in [0.25, 0.3) is 0 Å². The van der Waals surface area contributed by atoms with Gasteiger partial charge in [0.05, 0.1) is 11.5 Å². The Balaban J connectivity index is 2.37. The number of hydrogen-bond donors (Lipinski definition) is 1. The van der Waals surface area contributed by atoms with Crippen molar-refractivity contribution in [2.75, 3.05) is 11.5 Å². The van der Waals surface area contributed by atoms with Crippen molar-refractivity contribution in [3.05, 3.63) is 0 Å². The molecule has 1 amide bonds. The first-order chi connectivity index (χ1) is 7.18. The SMILES string of the molecule is CC(C)(C)CC(=O)NC1CCS(=O)(=O)CC1. The van der Waals surface area contributed by atoms with Gasteiger partial charge in [0.1, 0.15) is 9.84 Å². The van der Waals surface area contributed by atoms with Crippen LogP contribution in [0.1, 0.15) is 40.0 Å². The van der Waals surface area contributed by atoms with Crippen LogP contribution in [0.5, 0.6) is 0 Å². The molecule has 1 fully saturated rings. The maximum Gasteiger partial charge on any atom is 0.220 e. The fourth-order valence-electron chi connectivity index (χ4n) is 1.79. The van der Waals surface area contributed by atoms with Gasteiger partial charge in [0.15, 0.2) is 0 Å². The summed E-state index contributed by atoms with van der Waals surface area (Å²) in [4.78, 5) is 11.6. The third-order valence-corrected chi connectivity index (χ3v) is 4.33. The van der Waals surface area contributed by atoms with E-state index >= 15 is 0 Å². The average Bonchev–Trinajstić information content (AvgIpc) is 2.05. The second-order valence-corrected chi connectivity index (χ2v) is 8.03. The van der Waals surface area contributed by atoms with Crippen LogP contribution in [0.4, 0.5) is 0 Å². The molecule has 4 nitrogen and oxygen atoms in total. The lowest BCUT2D eigenvalue weighted by Crippen LogP contribution is -2.41. The summed E-state index contributed by atoms with van der Waals surface area (Å²) in [5.41, 5.74) is -0.0230. The smallest absolute Gasteiger partial charge is 0.220 e. The van der Waals surface area contributed by atoms with Crippen molar-refractivity contribution in [3.63, 3.8) is 0 Å². The third-order valence-electron chi connectivity index (χ3n) is 2.61. The Morgan fingerprint density at radius 2 is 1.75 bits per heavy atom. The topological polar surface area (TPSA) is 63.2 Å². The Bertz CT molecular complexity index is 340. The van der Waals surface area contributed by atoms with Crippen LogP contribution in [0, 0.1) is 5.41 Å². The summed E-state index contributed by atoms with van der Waals surface area (Å²) in [6.07, 6.45) is 1.59. The summed E-state index contributed by atoms with van der Waals surface area (Å²) in [5, 5.41) is 2.91. The highest BCUT2D eigenvalue weighted by molar-refractivity contribution is 7.91. The normalized spacial score (nSPS) is 21.7. The number of nitrogens with one attached hydrogen (secondary N) is 1. The molecule has 1 aliphatic heterocycles. The largest absolute Gasteiger partial charge is 0.353 e. The average molecular weight is 247 g/mol. The molecular formula is C11H21NO3S. The monoisotopic (exact) mass is 247 g/mol. The van der Waals surface area contributed by atoms with Gasteiger partial charge >= 0.3 is 0 Å². The maximum atomic E-state index is 11.6. The van der Waals surface area contributed by atoms with E-state index in [2.05, 4.69) is 5.32 Å². The lowest BCUT2D eigenvalue weighted by Gasteiger charge is -2.25. The lowest BCUT2D eigenvalue weighted by molar-refractivity contribution is -0.123. The number of sulfone groups is 1. The van der Waals surface area contributed by atoms with Gasteiger partial charge in [-0.25, -0.2) is 8.42 Å². The van der Waals surface area contributed by atoms with Gasteiger partial charge in [-0.15, -0.1) is 0 Å². The molecule has 0 aromatic heterocycles. The van der Waals surface area contributed by atoms with E-state index in [1.165, 1.54) is 0 Å². The molecule has 1 aliphatic rings. The molecule has 1 heterocycles. The van der Waals surface area contributed by atoms with E-state index in [0.29, 0.717) is 19.3 Å². The summed E-state index contributed by atoms with van der Waals surface area (Å²) in [6.45, 7) is 6.04. The molecule has 1 saturated heterocycles. The number of carbonyl (C=O) groups excluding carboxylic acids is 1. The molecule has 0 unspecified atom stereocenters. The number of amides is 1. The van der Waals surface area contributed by atoms with E-state index in [1.807, 2.05) is 20.8 Å². The Hall–Kier alpha value is -0.580. The zero-order valence-corrected chi connectivity index (χ0v) is 11.1. The van der Waals surface area contributed by atoms with E-state index in [-0.39, 0.29) is 28.9 Å². The highest BCUT2D eigenvalue weighted by Gasteiger charge is 2.25. The van der Waals surface area contributed by atoms with Gasteiger partial charge in [-0.05, 0) is 18.3 Å². The zero-order chi connectivity index (χ0) is 12.4. The second-order valence-electron chi connectivity index (χ2n) is 5.73. The number of carbonyl (C=O) groups is 1. The van der Waals surface area contributed by atoms with Crippen molar-refractivity contribution in [2.45, 2.75) is 46.1 Å². The van der Waals surface area contributed by atoms with E-state index in [9.17, 15) is 13.2 Å². The van der Waals surface area contributed by atoms with E-state index in [0.717, 1.165) is 0 Å². The van der Waals surface area contributed by atoms with E-state index in [1.54, 1.807) is 0 Å². The summed E-state index contributed by atoms with van der Waals surface area (Å²) in [5.74, 6) is 0.429. The minimum Gasteiger partial charge on any atom is -0.353 e. The molecule has 0 saturated carbocycles. The standard InChI is InChI=1S/C11H21NO3S/c1-11(2,3)8-10(13)12-9-4-6-16(14,15)7-5-9/h9H,4-8H2,1-3H3,(H,12,13). The quantitative estimate of drug-likeness (QED) is 0.795. The van der Waals surface area contributed by atoms with Gasteiger partial charge < -0.3 is 5.32 Å². The number of hydrogen-bond acceptors (Lipinski definition) is 3. The zero-order valence-electron chi connectivity index (χ0n) is 10.2. The molecule has 16 heavy (non-hydrogen) atoms. The van der Waals surface area contributed by atoms with Crippen molar-refractivity contribution in [2.24, 2.45) is 5.41 Å². The predicted octanol–water partition coefficient (Wildman–Crippen LogP) is 1.12. The highest BCUT2D eigenvalue weighted by atomic mass is 32.2. The first-order valence-electron chi connectivity index (χ1n) is 5.68. The van der Waals surface area contributed by atoms with Gasteiger partial charge in [-0.3, -0.25) is 4.79 Å². The predicted molar refractivity (Wildman–Crippen MR) is 63.9 cm³/mol. The van der Waals surface area contributed by atoms with Crippen molar-refractivity contribution in [1.29, 1.82) is 0 Å². The molecule has 0 bridgehead atoms. The Labute approximate surface area is 97.7 Å². The van der Waals surface area contributed by atoms with Crippen LogP contribution in [-0.2, 0) is 14.6 Å². The highest BCUT2D eigenvalue weighted by Crippen LogP contribution is 2.19. The van der Waals surface area contributed by atoms with Gasteiger partial charge in [0, 0.05) is 12.5 Å². The molecule has 1 N–H and O–H groups in total. The molecule has 5 heteroatoms. The second kappa shape index (κ2) is 4.73. The van der Waals surface area contributed by atoms with Crippen LogP contribution in [0.3, 0.4) is 0 Å². The van der Waals surface area contributed by atoms with Crippen molar-refractivity contribution in [3.8, 4) is 0 Å². The summed E-state index contributed by atoms with van der Waals surface area (Å²) >= 11 is 0. The van der Waals surface area contributed by atoms with E-state index < -0.39 is 9.84 Å². The van der Waals surface area contributed by atoms with Crippen LogP contribution in [0.25, 0.3) is 0 Å². The molecule has 0 aromatic rings. The van der Waals surface area contributed by atoms with Crippen LogP contribution in [0.2, 0.25) is 0 Å². The summed E-state index contributed by atoms with van der Waals surface area (Å²) in [6, 6.07) is 0.0402. The van der Waals surface area contributed by atoms with Crippen molar-refractivity contribution in [1.82, 2.24) is 5.32 Å².